The Hall–Kier alpha value is -1.75. The lowest BCUT2D eigenvalue weighted by Gasteiger charge is -2.17. The van der Waals surface area contributed by atoms with Gasteiger partial charge >= 0.3 is 0 Å². The predicted molar refractivity (Wildman–Crippen MR) is 79.2 cm³/mol. The minimum Gasteiger partial charge on any atom is -0.493 e. The predicted octanol–water partition coefficient (Wildman–Crippen LogP) is 1.44. The molecule has 1 atom stereocenters. The van der Waals surface area contributed by atoms with Crippen molar-refractivity contribution in [1.29, 1.82) is 0 Å². The molecule has 1 rings (SSSR count). The van der Waals surface area contributed by atoms with Gasteiger partial charge in [-0.2, -0.15) is 0 Å². The number of para-hydroxylation sites is 1. The molecule has 0 saturated carbocycles. The van der Waals surface area contributed by atoms with Crippen LogP contribution < -0.4 is 15.2 Å². The maximum absolute atomic E-state index is 11.5. The monoisotopic (exact) mass is 280 g/mol. The van der Waals surface area contributed by atoms with Crippen molar-refractivity contribution in [2.45, 2.75) is 25.8 Å². The van der Waals surface area contributed by atoms with E-state index >= 15 is 0 Å². The van der Waals surface area contributed by atoms with Crippen LogP contribution in [0.5, 0.6) is 11.5 Å². The number of carbonyl (C=O) groups is 1. The number of benzene rings is 1. The molecular weight excluding hydrogens is 256 g/mol. The molecule has 1 amide bonds. The topological polar surface area (TPSA) is 64.8 Å². The van der Waals surface area contributed by atoms with Gasteiger partial charge in [0, 0.05) is 20.1 Å². The van der Waals surface area contributed by atoms with Gasteiger partial charge in [0.2, 0.25) is 5.91 Å². The molecule has 2 N–H and O–H groups in total. The van der Waals surface area contributed by atoms with Crippen LogP contribution in [0.15, 0.2) is 18.2 Å². The minimum atomic E-state index is 0.0351. The fraction of sp³-hybridized carbons (Fsp3) is 0.533. The Kier molecular flexibility index (Phi) is 6.31. The summed E-state index contributed by atoms with van der Waals surface area (Å²) < 4.78 is 11.1. The molecule has 0 aromatic heterocycles. The van der Waals surface area contributed by atoms with Crippen LogP contribution in [0.2, 0.25) is 0 Å². The second-order valence-corrected chi connectivity index (χ2v) is 5.02. The van der Waals surface area contributed by atoms with E-state index in [1.165, 1.54) is 0 Å². The number of amides is 1. The first-order chi connectivity index (χ1) is 9.45. The fourth-order valence-corrected chi connectivity index (χ4v) is 1.86. The van der Waals surface area contributed by atoms with E-state index in [1.54, 1.807) is 26.1 Å². The summed E-state index contributed by atoms with van der Waals surface area (Å²) in [6, 6.07) is 5.75. The summed E-state index contributed by atoms with van der Waals surface area (Å²) in [4.78, 5) is 13.1. The van der Waals surface area contributed by atoms with E-state index in [-0.39, 0.29) is 11.9 Å². The van der Waals surface area contributed by atoms with Crippen LogP contribution in [0.1, 0.15) is 18.9 Å². The molecule has 1 aromatic carbocycles. The molecule has 5 heteroatoms. The van der Waals surface area contributed by atoms with E-state index < -0.39 is 0 Å². The van der Waals surface area contributed by atoms with Crippen molar-refractivity contribution in [3.8, 4) is 11.5 Å². The normalized spacial score (nSPS) is 11.8. The Morgan fingerprint density at radius 1 is 1.40 bits per heavy atom. The van der Waals surface area contributed by atoms with Gasteiger partial charge in [-0.05, 0) is 25.0 Å². The molecule has 0 saturated heterocycles. The van der Waals surface area contributed by atoms with E-state index in [0.29, 0.717) is 30.9 Å². The van der Waals surface area contributed by atoms with E-state index in [2.05, 4.69) is 0 Å². The first-order valence-corrected chi connectivity index (χ1v) is 6.70. The van der Waals surface area contributed by atoms with Crippen molar-refractivity contribution in [2.24, 2.45) is 5.73 Å². The number of nitrogens with zero attached hydrogens (tertiary/aromatic N) is 1. The van der Waals surface area contributed by atoms with Gasteiger partial charge in [-0.25, -0.2) is 0 Å². The molecule has 20 heavy (non-hydrogen) atoms. The summed E-state index contributed by atoms with van der Waals surface area (Å²) in [6.45, 7) is 2.27. The molecule has 0 aliphatic rings. The van der Waals surface area contributed by atoms with Gasteiger partial charge in [0.05, 0.1) is 20.1 Å². The fourth-order valence-electron chi connectivity index (χ4n) is 1.86. The number of ether oxygens (including phenoxy) is 2. The van der Waals surface area contributed by atoms with Gasteiger partial charge in [-0.15, -0.1) is 0 Å². The van der Waals surface area contributed by atoms with E-state index in [9.17, 15) is 4.79 Å². The Balaban J connectivity index is 2.77. The third-order valence-corrected chi connectivity index (χ3v) is 2.88. The zero-order valence-corrected chi connectivity index (χ0v) is 12.7. The molecule has 0 radical (unpaired) electrons. The van der Waals surface area contributed by atoms with Gasteiger partial charge in [-0.1, -0.05) is 12.1 Å². The first kappa shape index (κ1) is 16.3. The van der Waals surface area contributed by atoms with Crippen LogP contribution in [0, 0.1) is 0 Å². The van der Waals surface area contributed by atoms with Crippen LogP contribution in [-0.4, -0.2) is 44.7 Å². The number of carbonyl (C=O) groups excluding carboxylic acids is 1. The third kappa shape index (κ3) is 4.74. The van der Waals surface area contributed by atoms with Crippen molar-refractivity contribution in [2.75, 3.05) is 27.8 Å². The SMILES string of the molecule is COc1cccc(CC(C)N)c1OCCC(=O)N(C)C. The highest BCUT2D eigenvalue weighted by molar-refractivity contribution is 5.75. The highest BCUT2D eigenvalue weighted by atomic mass is 16.5. The van der Waals surface area contributed by atoms with Crippen molar-refractivity contribution in [1.82, 2.24) is 4.90 Å². The summed E-state index contributed by atoms with van der Waals surface area (Å²) in [5.74, 6) is 1.38. The van der Waals surface area contributed by atoms with Crippen molar-refractivity contribution in [3.05, 3.63) is 23.8 Å². The molecular formula is C15H24N2O3. The average molecular weight is 280 g/mol. The second-order valence-electron chi connectivity index (χ2n) is 5.02. The quantitative estimate of drug-likeness (QED) is 0.821. The molecule has 112 valence electrons. The number of nitrogens with two attached hydrogens (primary N) is 1. The van der Waals surface area contributed by atoms with Gasteiger partial charge in [0.1, 0.15) is 0 Å². The molecule has 0 spiro atoms. The molecule has 1 aromatic rings. The maximum atomic E-state index is 11.5. The minimum absolute atomic E-state index is 0.0351. The summed E-state index contributed by atoms with van der Waals surface area (Å²) in [5.41, 5.74) is 6.84. The number of rotatable bonds is 7. The van der Waals surface area contributed by atoms with Crippen LogP contribution in [0.25, 0.3) is 0 Å². The summed E-state index contributed by atoms with van der Waals surface area (Å²) in [6.07, 6.45) is 1.04. The van der Waals surface area contributed by atoms with Gasteiger partial charge < -0.3 is 20.1 Å². The average Bonchev–Trinajstić information content (AvgIpc) is 2.39. The van der Waals surface area contributed by atoms with Gasteiger partial charge in [0.15, 0.2) is 11.5 Å². The van der Waals surface area contributed by atoms with Crippen LogP contribution in [0.3, 0.4) is 0 Å². The Bertz CT molecular complexity index is 445. The zero-order chi connectivity index (χ0) is 15.1. The number of hydrogen-bond donors (Lipinski definition) is 1. The standard InChI is InChI=1S/C15H24N2O3/c1-11(16)10-12-6-5-7-13(19-4)15(12)20-9-8-14(18)17(2)3/h5-7,11H,8-10,16H2,1-4H3. The summed E-state index contributed by atoms with van der Waals surface area (Å²) >= 11 is 0. The Morgan fingerprint density at radius 3 is 2.65 bits per heavy atom. The molecule has 5 nitrogen and oxygen atoms in total. The molecule has 0 heterocycles. The van der Waals surface area contributed by atoms with Gasteiger partial charge in [-0.3, -0.25) is 4.79 Å². The molecule has 0 aliphatic heterocycles. The first-order valence-electron chi connectivity index (χ1n) is 6.70. The van der Waals surface area contributed by atoms with E-state index in [1.807, 2.05) is 25.1 Å². The smallest absolute Gasteiger partial charge is 0.225 e. The summed E-state index contributed by atoms with van der Waals surface area (Å²) in [7, 11) is 5.06. The molecule has 0 aliphatic carbocycles. The van der Waals surface area contributed by atoms with Crippen molar-refractivity contribution < 1.29 is 14.3 Å². The van der Waals surface area contributed by atoms with E-state index in [4.69, 9.17) is 15.2 Å². The third-order valence-electron chi connectivity index (χ3n) is 2.88. The molecule has 0 fully saturated rings. The lowest BCUT2D eigenvalue weighted by molar-refractivity contribution is -0.129. The molecule has 1 unspecified atom stereocenters. The lowest BCUT2D eigenvalue weighted by Crippen LogP contribution is -2.23. The summed E-state index contributed by atoms with van der Waals surface area (Å²) in [5, 5.41) is 0. The number of hydrogen-bond acceptors (Lipinski definition) is 4. The largest absolute Gasteiger partial charge is 0.493 e. The maximum Gasteiger partial charge on any atom is 0.225 e. The van der Waals surface area contributed by atoms with Crippen LogP contribution >= 0.6 is 0 Å². The Morgan fingerprint density at radius 2 is 2.10 bits per heavy atom. The lowest BCUT2D eigenvalue weighted by atomic mass is 10.1. The zero-order valence-electron chi connectivity index (χ0n) is 12.7. The van der Waals surface area contributed by atoms with Crippen LogP contribution in [-0.2, 0) is 11.2 Å². The highest BCUT2D eigenvalue weighted by Crippen LogP contribution is 2.31. The van der Waals surface area contributed by atoms with Crippen molar-refractivity contribution >= 4 is 5.91 Å². The van der Waals surface area contributed by atoms with Crippen molar-refractivity contribution in [3.63, 3.8) is 0 Å². The van der Waals surface area contributed by atoms with Gasteiger partial charge in [0.25, 0.3) is 0 Å². The second kappa shape index (κ2) is 7.75. The molecule has 0 bridgehead atoms. The number of methoxy groups -OCH3 is 1. The Labute approximate surface area is 120 Å². The van der Waals surface area contributed by atoms with E-state index in [0.717, 1.165) is 5.56 Å². The highest BCUT2D eigenvalue weighted by Gasteiger charge is 2.13. The van der Waals surface area contributed by atoms with Crippen LogP contribution in [0.4, 0.5) is 0 Å².